The topological polar surface area (TPSA) is 89.9 Å². The summed E-state index contributed by atoms with van der Waals surface area (Å²) in [5, 5.41) is 0.627. The van der Waals surface area contributed by atoms with Gasteiger partial charge >= 0.3 is 6.01 Å². The lowest BCUT2D eigenvalue weighted by Gasteiger charge is -2.27. The Bertz CT molecular complexity index is 1070. The number of rotatable bonds is 8. The predicted octanol–water partition coefficient (Wildman–Crippen LogP) is 3.24. The lowest BCUT2D eigenvalue weighted by Crippen LogP contribution is -2.39. The van der Waals surface area contributed by atoms with Crippen molar-refractivity contribution in [1.82, 2.24) is 19.9 Å². The van der Waals surface area contributed by atoms with Gasteiger partial charge in [0.2, 0.25) is 5.88 Å². The van der Waals surface area contributed by atoms with Gasteiger partial charge in [0.25, 0.3) is 5.91 Å². The second-order valence-corrected chi connectivity index (χ2v) is 9.08. The van der Waals surface area contributed by atoms with E-state index in [1.807, 2.05) is 18.2 Å². The van der Waals surface area contributed by atoms with E-state index in [1.165, 1.54) is 31.6 Å². The summed E-state index contributed by atoms with van der Waals surface area (Å²) >= 11 is 4.97. The van der Waals surface area contributed by atoms with Gasteiger partial charge in [0.1, 0.15) is 5.69 Å². The van der Waals surface area contributed by atoms with E-state index in [9.17, 15) is 4.79 Å². The van der Waals surface area contributed by atoms with Crippen molar-refractivity contribution in [2.45, 2.75) is 6.42 Å². The number of hydrogen-bond donors (Lipinski definition) is 0. The maximum atomic E-state index is 13.6. The van der Waals surface area contributed by atoms with Crippen LogP contribution in [0.3, 0.4) is 0 Å². The molecule has 2 aromatic heterocycles. The smallest absolute Gasteiger partial charge is 0.320 e. The minimum atomic E-state index is -0.274. The summed E-state index contributed by atoms with van der Waals surface area (Å²) in [5.41, 5.74) is 1.04. The zero-order valence-corrected chi connectivity index (χ0v) is 20.3. The summed E-state index contributed by atoms with van der Waals surface area (Å²) in [6.07, 6.45) is 0.796. The molecule has 0 radical (unpaired) electrons. The van der Waals surface area contributed by atoms with Gasteiger partial charge in [-0.25, -0.2) is 4.98 Å². The van der Waals surface area contributed by atoms with Gasteiger partial charge in [0.05, 0.1) is 37.6 Å². The molecule has 3 aromatic rings. The highest BCUT2D eigenvalue weighted by Gasteiger charge is 2.24. The molecular formula is C21H24BrN5O4S. The normalized spacial score (nSPS) is 14.5. The number of ether oxygens (including phenoxy) is 3. The van der Waals surface area contributed by atoms with Crippen LogP contribution in [0, 0.1) is 0 Å². The molecule has 1 aliphatic rings. The number of fused-ring (bicyclic) bond motifs is 1. The number of benzene rings is 1. The number of carbonyl (C=O) groups excluding carboxylic acids is 1. The monoisotopic (exact) mass is 521 g/mol. The Morgan fingerprint density at radius 2 is 2.00 bits per heavy atom. The number of aromatic nitrogens is 3. The van der Waals surface area contributed by atoms with Crippen LogP contribution in [0.1, 0.15) is 16.9 Å². The van der Waals surface area contributed by atoms with E-state index in [-0.39, 0.29) is 23.5 Å². The van der Waals surface area contributed by atoms with Gasteiger partial charge in [-0.1, -0.05) is 27.3 Å². The second-order valence-electron chi connectivity index (χ2n) is 7.16. The fraction of sp³-hybridized carbons (Fsp3) is 0.429. The summed E-state index contributed by atoms with van der Waals surface area (Å²) in [6, 6.07) is 7.48. The molecule has 0 N–H and O–H groups in total. The summed E-state index contributed by atoms with van der Waals surface area (Å²) in [5.74, 6) is -0.00852. The Morgan fingerprint density at radius 1 is 1.19 bits per heavy atom. The molecule has 0 aliphatic carbocycles. The maximum Gasteiger partial charge on any atom is 0.320 e. The lowest BCUT2D eigenvalue weighted by atomic mass is 10.3. The number of amides is 1. The van der Waals surface area contributed by atoms with Crippen LogP contribution in [0.5, 0.6) is 11.9 Å². The molecule has 1 fully saturated rings. The molecule has 0 saturated carbocycles. The van der Waals surface area contributed by atoms with Gasteiger partial charge in [-0.15, -0.1) is 0 Å². The number of anilines is 1. The van der Waals surface area contributed by atoms with Gasteiger partial charge in [0.15, 0.2) is 5.13 Å². The Hall–Kier alpha value is -2.34. The van der Waals surface area contributed by atoms with Crippen molar-refractivity contribution in [2.24, 2.45) is 0 Å². The molecule has 170 valence electrons. The van der Waals surface area contributed by atoms with E-state index in [2.05, 4.69) is 30.8 Å². The molecule has 0 unspecified atom stereocenters. The largest absolute Gasteiger partial charge is 0.481 e. The number of methoxy groups -OCH3 is 2. The standard InChI is InChI=1S/C21H24BrN5O4S/c1-29-18-13-16(23-20(25-18)30-2)19(28)27(7-3-6-26-8-10-31-11-9-26)21-24-15-5-4-14(22)12-17(15)32-21/h4-5,12-13H,3,6-11H2,1-2H3. The maximum absolute atomic E-state index is 13.6. The zero-order chi connectivity index (χ0) is 22.5. The third kappa shape index (κ3) is 5.34. The first-order chi connectivity index (χ1) is 15.6. The van der Waals surface area contributed by atoms with Crippen molar-refractivity contribution in [1.29, 1.82) is 0 Å². The highest BCUT2D eigenvalue weighted by Crippen LogP contribution is 2.32. The van der Waals surface area contributed by atoms with Crippen LogP contribution in [0.15, 0.2) is 28.7 Å². The van der Waals surface area contributed by atoms with Crippen molar-refractivity contribution < 1.29 is 19.0 Å². The van der Waals surface area contributed by atoms with Gasteiger partial charge in [0, 0.05) is 36.7 Å². The number of nitrogens with zero attached hydrogens (tertiary/aromatic N) is 5. The first-order valence-electron chi connectivity index (χ1n) is 10.2. The van der Waals surface area contributed by atoms with E-state index in [0.29, 0.717) is 11.7 Å². The third-order valence-electron chi connectivity index (χ3n) is 5.07. The van der Waals surface area contributed by atoms with Gasteiger partial charge < -0.3 is 14.2 Å². The van der Waals surface area contributed by atoms with Crippen LogP contribution in [0.4, 0.5) is 5.13 Å². The van der Waals surface area contributed by atoms with Gasteiger partial charge in [-0.3, -0.25) is 14.6 Å². The Kier molecular flexibility index (Phi) is 7.51. The molecule has 1 amide bonds. The number of halogens is 1. The molecular weight excluding hydrogens is 498 g/mol. The second kappa shape index (κ2) is 10.5. The van der Waals surface area contributed by atoms with Gasteiger partial charge in [-0.05, 0) is 24.6 Å². The minimum Gasteiger partial charge on any atom is -0.481 e. The van der Waals surface area contributed by atoms with Crippen LogP contribution >= 0.6 is 27.3 Å². The number of carbonyl (C=O) groups is 1. The molecule has 3 heterocycles. The minimum absolute atomic E-state index is 0.0780. The van der Waals surface area contributed by atoms with Crippen LogP contribution in [0.2, 0.25) is 0 Å². The van der Waals surface area contributed by atoms with Crippen LogP contribution in [-0.2, 0) is 4.74 Å². The van der Waals surface area contributed by atoms with E-state index < -0.39 is 0 Å². The Balaban J connectivity index is 1.62. The SMILES string of the molecule is COc1cc(C(=O)N(CCCN2CCOCC2)c2nc3ccc(Br)cc3s2)nc(OC)n1. The molecule has 0 spiro atoms. The van der Waals surface area contributed by atoms with Crippen molar-refractivity contribution in [2.75, 3.05) is 58.5 Å². The molecule has 4 rings (SSSR count). The average Bonchev–Trinajstić information content (AvgIpc) is 3.24. The molecule has 32 heavy (non-hydrogen) atoms. The quantitative estimate of drug-likeness (QED) is 0.446. The molecule has 9 nitrogen and oxygen atoms in total. The van der Waals surface area contributed by atoms with Crippen molar-refractivity contribution in [3.63, 3.8) is 0 Å². The highest BCUT2D eigenvalue weighted by atomic mass is 79.9. The van der Waals surface area contributed by atoms with Crippen LogP contribution in [0.25, 0.3) is 10.2 Å². The summed E-state index contributed by atoms with van der Waals surface area (Å²) < 4.78 is 17.8. The summed E-state index contributed by atoms with van der Waals surface area (Å²) in [4.78, 5) is 30.6. The highest BCUT2D eigenvalue weighted by molar-refractivity contribution is 9.10. The fourth-order valence-electron chi connectivity index (χ4n) is 3.41. The third-order valence-corrected chi connectivity index (χ3v) is 6.60. The molecule has 1 aromatic carbocycles. The van der Waals surface area contributed by atoms with Crippen LogP contribution in [-0.4, -0.2) is 79.4 Å². The molecule has 0 bridgehead atoms. The van der Waals surface area contributed by atoms with E-state index in [4.69, 9.17) is 19.2 Å². The first kappa shape index (κ1) is 22.8. The fourth-order valence-corrected chi connectivity index (χ4v) is 4.95. The van der Waals surface area contributed by atoms with Gasteiger partial charge in [-0.2, -0.15) is 9.97 Å². The Labute approximate surface area is 198 Å². The molecule has 1 saturated heterocycles. The summed E-state index contributed by atoms with van der Waals surface area (Å²) in [7, 11) is 2.94. The summed E-state index contributed by atoms with van der Waals surface area (Å²) in [6.45, 7) is 4.69. The number of thiazole rings is 1. The zero-order valence-electron chi connectivity index (χ0n) is 17.9. The average molecular weight is 522 g/mol. The van der Waals surface area contributed by atoms with Crippen molar-refractivity contribution >= 4 is 48.5 Å². The number of morpholine rings is 1. The van der Waals surface area contributed by atoms with E-state index in [1.54, 1.807) is 4.90 Å². The van der Waals surface area contributed by atoms with E-state index >= 15 is 0 Å². The van der Waals surface area contributed by atoms with Crippen LogP contribution < -0.4 is 14.4 Å². The van der Waals surface area contributed by atoms with Crippen molar-refractivity contribution in [3.05, 3.63) is 34.4 Å². The predicted molar refractivity (Wildman–Crippen MR) is 126 cm³/mol. The van der Waals surface area contributed by atoms with Crippen molar-refractivity contribution in [3.8, 4) is 11.9 Å². The first-order valence-corrected chi connectivity index (χ1v) is 11.8. The number of hydrogen-bond acceptors (Lipinski definition) is 9. The Morgan fingerprint density at radius 3 is 2.75 bits per heavy atom. The lowest BCUT2D eigenvalue weighted by molar-refractivity contribution is 0.0376. The molecule has 11 heteroatoms. The van der Waals surface area contributed by atoms with E-state index in [0.717, 1.165) is 54.0 Å². The molecule has 1 aliphatic heterocycles. The molecule has 0 atom stereocenters.